The molecular weight excluding hydrogens is 264 g/mol. The van der Waals surface area contributed by atoms with Gasteiger partial charge in [-0.2, -0.15) is 4.98 Å². The first-order chi connectivity index (χ1) is 7.83. The molecule has 0 spiro atoms. The van der Waals surface area contributed by atoms with Crippen LogP contribution in [0.25, 0.3) is 11.2 Å². The number of halogens is 1. The van der Waals surface area contributed by atoms with Gasteiger partial charge < -0.3 is 4.98 Å². The SMILES string of the molecule is Clc1nc(Sc2cccs2)c2[nH]cnc2n1. The summed E-state index contributed by atoms with van der Waals surface area (Å²) in [7, 11) is 0. The van der Waals surface area contributed by atoms with Gasteiger partial charge in [-0.3, -0.25) is 0 Å². The molecule has 0 unspecified atom stereocenters. The summed E-state index contributed by atoms with van der Waals surface area (Å²) in [6, 6.07) is 4.04. The Bertz CT molecular complexity index is 620. The topological polar surface area (TPSA) is 54.5 Å². The molecule has 1 N–H and O–H groups in total. The summed E-state index contributed by atoms with van der Waals surface area (Å²) in [5.41, 5.74) is 1.42. The van der Waals surface area contributed by atoms with Crippen LogP contribution in [-0.4, -0.2) is 19.9 Å². The van der Waals surface area contributed by atoms with E-state index in [1.807, 2.05) is 17.5 Å². The fourth-order valence-electron chi connectivity index (χ4n) is 1.27. The summed E-state index contributed by atoms with van der Waals surface area (Å²) < 4.78 is 1.16. The van der Waals surface area contributed by atoms with E-state index in [0.717, 1.165) is 14.8 Å². The Kier molecular flexibility index (Phi) is 2.55. The Labute approximate surface area is 104 Å². The van der Waals surface area contributed by atoms with Gasteiger partial charge in [-0.15, -0.1) is 11.3 Å². The maximum atomic E-state index is 5.83. The van der Waals surface area contributed by atoms with Crippen molar-refractivity contribution >= 4 is 45.9 Å². The fraction of sp³-hybridized carbons (Fsp3) is 0. The molecule has 80 valence electrons. The zero-order valence-corrected chi connectivity index (χ0v) is 10.2. The molecule has 16 heavy (non-hydrogen) atoms. The van der Waals surface area contributed by atoms with Gasteiger partial charge in [0.25, 0.3) is 0 Å². The maximum absolute atomic E-state index is 5.83. The Hall–Kier alpha value is -1.11. The highest BCUT2D eigenvalue weighted by molar-refractivity contribution is 8.01. The normalized spacial score (nSPS) is 11.1. The minimum absolute atomic E-state index is 0.221. The average molecular weight is 269 g/mol. The number of H-pyrrole nitrogens is 1. The Morgan fingerprint density at radius 1 is 1.38 bits per heavy atom. The number of imidazole rings is 1. The van der Waals surface area contributed by atoms with E-state index in [2.05, 4.69) is 19.9 Å². The van der Waals surface area contributed by atoms with Crippen molar-refractivity contribution < 1.29 is 0 Å². The van der Waals surface area contributed by atoms with E-state index in [9.17, 15) is 0 Å². The number of rotatable bonds is 2. The van der Waals surface area contributed by atoms with Gasteiger partial charge in [-0.1, -0.05) is 17.8 Å². The number of nitrogens with one attached hydrogen (secondary N) is 1. The maximum Gasteiger partial charge on any atom is 0.225 e. The lowest BCUT2D eigenvalue weighted by Crippen LogP contribution is -1.88. The number of aromatic nitrogens is 4. The molecule has 3 rings (SSSR count). The molecule has 0 aromatic carbocycles. The molecule has 4 nitrogen and oxygen atoms in total. The number of thiophene rings is 1. The highest BCUT2D eigenvalue weighted by atomic mass is 35.5. The van der Waals surface area contributed by atoms with Crippen molar-refractivity contribution in [2.45, 2.75) is 9.24 Å². The van der Waals surface area contributed by atoms with E-state index in [1.54, 1.807) is 29.4 Å². The fourth-order valence-corrected chi connectivity index (χ4v) is 3.25. The predicted molar refractivity (Wildman–Crippen MR) is 65.1 cm³/mol. The Balaban J connectivity index is 2.11. The number of nitrogens with zero attached hydrogens (tertiary/aromatic N) is 3. The van der Waals surface area contributed by atoms with Crippen molar-refractivity contribution in [3.63, 3.8) is 0 Å². The van der Waals surface area contributed by atoms with Gasteiger partial charge >= 0.3 is 0 Å². The zero-order chi connectivity index (χ0) is 11.0. The predicted octanol–water partition coefficient (Wildman–Crippen LogP) is 3.22. The monoisotopic (exact) mass is 268 g/mol. The molecule has 0 aliphatic carbocycles. The molecule has 0 aliphatic rings. The van der Waals surface area contributed by atoms with Crippen LogP contribution in [0, 0.1) is 0 Å². The molecule has 7 heteroatoms. The van der Waals surface area contributed by atoms with Gasteiger partial charge in [0.2, 0.25) is 5.28 Å². The van der Waals surface area contributed by atoms with E-state index in [-0.39, 0.29) is 5.28 Å². The molecule has 0 atom stereocenters. The Morgan fingerprint density at radius 3 is 3.12 bits per heavy atom. The summed E-state index contributed by atoms with van der Waals surface area (Å²) in [5, 5.41) is 3.04. The molecular formula is C9H5ClN4S2. The smallest absolute Gasteiger partial charge is 0.225 e. The molecule has 3 heterocycles. The van der Waals surface area contributed by atoms with Crippen molar-refractivity contribution in [1.82, 2.24) is 19.9 Å². The molecule has 0 radical (unpaired) electrons. The molecule has 0 aliphatic heterocycles. The number of aromatic amines is 1. The third-order valence-electron chi connectivity index (χ3n) is 1.92. The second-order valence-corrected chi connectivity index (χ2v) is 5.51. The van der Waals surface area contributed by atoms with Crippen molar-refractivity contribution in [1.29, 1.82) is 0 Å². The quantitative estimate of drug-likeness (QED) is 0.573. The van der Waals surface area contributed by atoms with Gasteiger partial charge in [0.15, 0.2) is 5.65 Å². The van der Waals surface area contributed by atoms with Crippen LogP contribution >= 0.6 is 34.7 Å². The van der Waals surface area contributed by atoms with Gasteiger partial charge in [0.1, 0.15) is 10.5 Å². The van der Waals surface area contributed by atoms with Crippen molar-refractivity contribution in [2.24, 2.45) is 0 Å². The number of fused-ring (bicyclic) bond motifs is 1. The largest absolute Gasteiger partial charge is 0.341 e. The van der Waals surface area contributed by atoms with Crippen LogP contribution in [0.2, 0.25) is 5.28 Å². The van der Waals surface area contributed by atoms with E-state index < -0.39 is 0 Å². The van der Waals surface area contributed by atoms with Crippen molar-refractivity contribution in [2.75, 3.05) is 0 Å². The minimum Gasteiger partial charge on any atom is -0.341 e. The second-order valence-electron chi connectivity index (χ2n) is 2.93. The first-order valence-corrected chi connectivity index (χ1v) is 6.48. The van der Waals surface area contributed by atoms with Gasteiger partial charge in [-0.25, -0.2) is 9.97 Å². The standard InChI is InChI=1S/C9H5ClN4S2/c10-9-13-7-6(11-4-12-7)8(14-9)16-5-2-1-3-15-5/h1-4H,(H,11,12,13,14). The molecule has 3 aromatic rings. The summed E-state index contributed by atoms with van der Waals surface area (Å²) in [6.07, 6.45) is 1.59. The van der Waals surface area contributed by atoms with Gasteiger partial charge in [0.05, 0.1) is 10.5 Å². The highest BCUT2D eigenvalue weighted by Gasteiger charge is 2.10. The first kappa shape index (κ1) is 10.1. The molecule has 0 fully saturated rings. The van der Waals surface area contributed by atoms with Crippen molar-refractivity contribution in [3.8, 4) is 0 Å². The molecule has 3 aromatic heterocycles. The molecule has 0 saturated carbocycles. The zero-order valence-electron chi connectivity index (χ0n) is 7.85. The lowest BCUT2D eigenvalue weighted by Gasteiger charge is -1.99. The lowest BCUT2D eigenvalue weighted by atomic mass is 10.6. The average Bonchev–Trinajstić information content (AvgIpc) is 2.87. The third kappa shape index (κ3) is 1.79. The van der Waals surface area contributed by atoms with Crippen LogP contribution in [0.5, 0.6) is 0 Å². The van der Waals surface area contributed by atoms with Gasteiger partial charge in [0, 0.05) is 0 Å². The van der Waals surface area contributed by atoms with Gasteiger partial charge in [-0.05, 0) is 23.0 Å². The van der Waals surface area contributed by atoms with E-state index in [1.165, 1.54) is 0 Å². The van der Waals surface area contributed by atoms with Crippen LogP contribution in [0.15, 0.2) is 33.1 Å². The van der Waals surface area contributed by atoms with E-state index in [4.69, 9.17) is 11.6 Å². The molecule has 0 saturated heterocycles. The summed E-state index contributed by atoms with van der Waals surface area (Å²) >= 11 is 9.05. The number of hydrogen-bond acceptors (Lipinski definition) is 5. The van der Waals surface area contributed by atoms with Crippen LogP contribution in [0.3, 0.4) is 0 Å². The van der Waals surface area contributed by atoms with Crippen LogP contribution < -0.4 is 0 Å². The Morgan fingerprint density at radius 2 is 2.31 bits per heavy atom. The minimum atomic E-state index is 0.221. The van der Waals surface area contributed by atoms with E-state index >= 15 is 0 Å². The first-order valence-electron chi connectivity index (χ1n) is 4.41. The summed E-state index contributed by atoms with van der Waals surface area (Å²) in [4.78, 5) is 15.3. The molecule has 0 bridgehead atoms. The third-order valence-corrected chi connectivity index (χ3v) is 4.11. The summed E-state index contributed by atoms with van der Waals surface area (Å²) in [6.45, 7) is 0. The van der Waals surface area contributed by atoms with Crippen molar-refractivity contribution in [3.05, 3.63) is 29.1 Å². The molecule has 0 amide bonds. The lowest BCUT2D eigenvalue weighted by molar-refractivity contribution is 1.09. The second kappa shape index (κ2) is 4.04. The highest BCUT2D eigenvalue weighted by Crippen LogP contribution is 2.33. The summed E-state index contributed by atoms with van der Waals surface area (Å²) in [5.74, 6) is 0. The van der Waals surface area contributed by atoms with E-state index in [0.29, 0.717) is 5.65 Å². The van der Waals surface area contributed by atoms with Crippen LogP contribution in [-0.2, 0) is 0 Å². The van der Waals surface area contributed by atoms with Crippen LogP contribution in [0.1, 0.15) is 0 Å². The number of hydrogen-bond donors (Lipinski definition) is 1. The van der Waals surface area contributed by atoms with Crippen LogP contribution in [0.4, 0.5) is 0 Å².